The summed E-state index contributed by atoms with van der Waals surface area (Å²) in [4.78, 5) is 11.3. The van der Waals surface area contributed by atoms with Crippen LogP contribution in [-0.2, 0) is 4.79 Å². The quantitative estimate of drug-likeness (QED) is 0.610. The average Bonchev–Trinajstić information content (AvgIpc) is 2.81. The Morgan fingerprint density at radius 2 is 2.00 bits per heavy atom. The maximum atomic E-state index is 11.3. The van der Waals surface area contributed by atoms with E-state index in [9.17, 15) is 4.79 Å². The predicted molar refractivity (Wildman–Crippen MR) is 57.9 cm³/mol. The first kappa shape index (κ1) is 11.5. The third-order valence-corrected chi connectivity index (χ3v) is 2.69. The van der Waals surface area contributed by atoms with Gasteiger partial charge in [0.25, 0.3) is 0 Å². The lowest BCUT2D eigenvalue weighted by Gasteiger charge is -2.03. The topological polar surface area (TPSA) is 55.1 Å². The summed E-state index contributed by atoms with van der Waals surface area (Å²) in [5.41, 5.74) is 5.59. The Kier molecular flexibility index (Phi) is 4.94. The summed E-state index contributed by atoms with van der Waals surface area (Å²) in [6.45, 7) is 2.20. The van der Waals surface area contributed by atoms with Crippen molar-refractivity contribution in [1.29, 1.82) is 0 Å². The van der Waals surface area contributed by atoms with Gasteiger partial charge >= 0.3 is 0 Å². The highest BCUT2D eigenvalue weighted by molar-refractivity contribution is 5.76. The molecule has 1 fully saturated rings. The maximum Gasteiger partial charge on any atom is 0.220 e. The number of nitrogens with one attached hydrogen (secondary N) is 1. The zero-order valence-corrected chi connectivity index (χ0v) is 9.09. The number of carbonyl (C=O) groups is 1. The van der Waals surface area contributed by atoms with Crippen molar-refractivity contribution in [3.8, 4) is 0 Å². The molecule has 1 rings (SSSR count). The van der Waals surface area contributed by atoms with E-state index in [0.29, 0.717) is 6.42 Å². The van der Waals surface area contributed by atoms with Crippen molar-refractivity contribution in [3.63, 3.8) is 0 Å². The van der Waals surface area contributed by atoms with Crippen molar-refractivity contribution >= 4 is 5.91 Å². The van der Waals surface area contributed by atoms with Crippen LogP contribution in [0, 0.1) is 0 Å². The van der Waals surface area contributed by atoms with E-state index in [0.717, 1.165) is 12.8 Å². The van der Waals surface area contributed by atoms with Crippen molar-refractivity contribution in [2.45, 2.75) is 64.0 Å². The normalized spacial score (nSPS) is 24.7. The average molecular weight is 198 g/mol. The van der Waals surface area contributed by atoms with E-state index in [1.165, 1.54) is 25.7 Å². The highest BCUT2D eigenvalue weighted by Crippen LogP contribution is 2.18. The van der Waals surface area contributed by atoms with Crippen LogP contribution >= 0.6 is 0 Å². The number of nitrogens with two attached hydrogens (primary N) is 1. The molecule has 0 aromatic carbocycles. The molecule has 14 heavy (non-hydrogen) atoms. The van der Waals surface area contributed by atoms with Crippen LogP contribution in [0.4, 0.5) is 0 Å². The second kappa shape index (κ2) is 6.02. The van der Waals surface area contributed by atoms with Crippen LogP contribution in [0.2, 0.25) is 0 Å². The molecule has 1 aliphatic carbocycles. The molecule has 0 aromatic heterocycles. The second-order valence-electron chi connectivity index (χ2n) is 4.24. The minimum atomic E-state index is 0.180. The van der Waals surface area contributed by atoms with Gasteiger partial charge in [0.2, 0.25) is 5.91 Å². The minimum Gasteiger partial charge on any atom is -0.352 e. The van der Waals surface area contributed by atoms with Gasteiger partial charge in [0.1, 0.15) is 0 Å². The van der Waals surface area contributed by atoms with Crippen molar-refractivity contribution < 1.29 is 4.79 Å². The molecule has 0 bridgehead atoms. The van der Waals surface area contributed by atoms with Gasteiger partial charge in [-0.3, -0.25) is 4.79 Å². The molecule has 3 nitrogen and oxygen atoms in total. The summed E-state index contributed by atoms with van der Waals surface area (Å²) in [5.74, 6) is 0.180. The van der Waals surface area contributed by atoms with Gasteiger partial charge in [0.15, 0.2) is 0 Å². The molecule has 0 aromatic rings. The number of rotatable bonds is 7. The Morgan fingerprint density at radius 3 is 2.57 bits per heavy atom. The monoisotopic (exact) mass is 198 g/mol. The van der Waals surface area contributed by atoms with E-state index in [4.69, 9.17) is 5.73 Å². The van der Waals surface area contributed by atoms with Gasteiger partial charge in [-0.25, -0.2) is 0 Å². The molecular formula is C11H22N2O. The van der Waals surface area contributed by atoms with Crippen molar-refractivity contribution in [2.24, 2.45) is 5.73 Å². The van der Waals surface area contributed by atoms with E-state index < -0.39 is 0 Å². The van der Waals surface area contributed by atoms with Crippen LogP contribution in [0.15, 0.2) is 0 Å². The van der Waals surface area contributed by atoms with Gasteiger partial charge in [-0.05, 0) is 12.8 Å². The van der Waals surface area contributed by atoms with Crippen LogP contribution in [0.3, 0.4) is 0 Å². The van der Waals surface area contributed by atoms with Crippen LogP contribution in [0.25, 0.3) is 0 Å². The minimum absolute atomic E-state index is 0.180. The molecule has 2 atom stereocenters. The molecule has 2 unspecified atom stereocenters. The Bertz CT molecular complexity index is 182. The van der Waals surface area contributed by atoms with E-state index >= 15 is 0 Å². The Labute approximate surface area is 86.4 Å². The van der Waals surface area contributed by atoms with Crippen LogP contribution in [0.5, 0.6) is 0 Å². The van der Waals surface area contributed by atoms with Gasteiger partial charge in [-0.2, -0.15) is 0 Å². The van der Waals surface area contributed by atoms with Gasteiger partial charge in [0, 0.05) is 18.5 Å². The summed E-state index contributed by atoms with van der Waals surface area (Å²) >= 11 is 0. The smallest absolute Gasteiger partial charge is 0.220 e. The molecular weight excluding hydrogens is 176 g/mol. The maximum absolute atomic E-state index is 11.3. The summed E-state index contributed by atoms with van der Waals surface area (Å²) in [6, 6.07) is 0.497. The number of hydrogen-bond acceptors (Lipinski definition) is 2. The predicted octanol–water partition coefficient (Wildman–Crippen LogP) is 1.56. The fourth-order valence-electron chi connectivity index (χ4n) is 1.55. The molecule has 0 saturated heterocycles. The fourth-order valence-corrected chi connectivity index (χ4v) is 1.55. The van der Waals surface area contributed by atoms with E-state index in [-0.39, 0.29) is 18.0 Å². The molecule has 3 N–H and O–H groups in total. The van der Waals surface area contributed by atoms with E-state index in [1.54, 1.807) is 0 Å². The molecule has 0 aliphatic heterocycles. The highest BCUT2D eigenvalue weighted by Gasteiger charge is 2.34. The summed E-state index contributed by atoms with van der Waals surface area (Å²) in [7, 11) is 0. The zero-order chi connectivity index (χ0) is 10.4. The largest absolute Gasteiger partial charge is 0.352 e. The highest BCUT2D eigenvalue weighted by atomic mass is 16.1. The standard InChI is InChI=1S/C11H22N2O/c1-2-3-4-5-6-7-11(14)13-10-8-9(10)12/h9-10H,2-8,12H2,1H3,(H,13,14). The molecule has 0 radical (unpaired) electrons. The summed E-state index contributed by atoms with van der Waals surface area (Å²) in [5, 5.41) is 2.93. The number of unbranched alkanes of at least 4 members (excludes halogenated alkanes) is 4. The van der Waals surface area contributed by atoms with Crippen molar-refractivity contribution in [2.75, 3.05) is 0 Å². The van der Waals surface area contributed by atoms with Crippen LogP contribution in [-0.4, -0.2) is 18.0 Å². The Hall–Kier alpha value is -0.570. The molecule has 1 amide bonds. The fraction of sp³-hybridized carbons (Fsp3) is 0.909. The number of hydrogen-bond donors (Lipinski definition) is 2. The van der Waals surface area contributed by atoms with Gasteiger partial charge in [-0.1, -0.05) is 32.6 Å². The first-order valence-electron chi connectivity index (χ1n) is 5.79. The lowest BCUT2D eigenvalue weighted by molar-refractivity contribution is -0.121. The summed E-state index contributed by atoms with van der Waals surface area (Å²) < 4.78 is 0. The van der Waals surface area contributed by atoms with Crippen molar-refractivity contribution in [1.82, 2.24) is 5.32 Å². The van der Waals surface area contributed by atoms with E-state index in [2.05, 4.69) is 12.2 Å². The lowest BCUT2D eigenvalue weighted by atomic mass is 10.1. The number of carbonyl (C=O) groups excluding carboxylic acids is 1. The molecule has 1 aliphatic rings. The Morgan fingerprint density at radius 1 is 1.36 bits per heavy atom. The molecule has 1 saturated carbocycles. The molecule has 0 heterocycles. The number of amides is 1. The SMILES string of the molecule is CCCCCCCC(=O)NC1CC1N. The van der Waals surface area contributed by atoms with Gasteiger partial charge in [0.05, 0.1) is 0 Å². The first-order valence-corrected chi connectivity index (χ1v) is 5.79. The summed E-state index contributed by atoms with van der Waals surface area (Å²) in [6.07, 6.45) is 7.63. The van der Waals surface area contributed by atoms with Crippen LogP contribution in [0.1, 0.15) is 51.9 Å². The lowest BCUT2D eigenvalue weighted by Crippen LogP contribution is -2.29. The van der Waals surface area contributed by atoms with E-state index in [1.807, 2.05) is 0 Å². The van der Waals surface area contributed by atoms with Crippen molar-refractivity contribution in [3.05, 3.63) is 0 Å². The van der Waals surface area contributed by atoms with Gasteiger partial charge < -0.3 is 11.1 Å². The Balaban J connectivity index is 1.88. The third-order valence-electron chi connectivity index (χ3n) is 2.69. The molecule has 3 heteroatoms. The van der Waals surface area contributed by atoms with Gasteiger partial charge in [-0.15, -0.1) is 0 Å². The second-order valence-corrected chi connectivity index (χ2v) is 4.24. The van der Waals surface area contributed by atoms with Crippen LogP contribution < -0.4 is 11.1 Å². The molecule has 0 spiro atoms. The zero-order valence-electron chi connectivity index (χ0n) is 9.09. The first-order chi connectivity index (χ1) is 6.74. The molecule has 82 valence electrons. The third kappa shape index (κ3) is 4.61.